The predicted octanol–water partition coefficient (Wildman–Crippen LogP) is 4.65. The van der Waals surface area contributed by atoms with E-state index in [9.17, 15) is 23.2 Å². The Labute approximate surface area is 214 Å². The summed E-state index contributed by atoms with van der Waals surface area (Å²) in [5.41, 5.74) is 7.83. The third kappa shape index (κ3) is 5.84. The fourth-order valence-corrected chi connectivity index (χ4v) is 4.54. The van der Waals surface area contributed by atoms with Gasteiger partial charge in [0.25, 0.3) is 17.7 Å². The Hall–Kier alpha value is -3.89. The van der Waals surface area contributed by atoms with Gasteiger partial charge in [0, 0.05) is 36.6 Å². The average Bonchev–Trinajstić information content (AvgIpc) is 3.36. The van der Waals surface area contributed by atoms with Crippen LogP contribution in [0, 0.1) is 24.0 Å². The van der Waals surface area contributed by atoms with Gasteiger partial charge in [0.05, 0.1) is 16.0 Å². The number of amides is 3. The van der Waals surface area contributed by atoms with Crippen LogP contribution in [-0.2, 0) is 0 Å². The molecular formula is C25H21ClF2N4O3S. The maximum absolute atomic E-state index is 12.3. The number of nitrogens with zero attached hydrogens (tertiary/aromatic N) is 1. The molecule has 0 radical (unpaired) electrons. The quantitative estimate of drug-likeness (QED) is 0.318. The molecule has 3 amide bonds. The molecule has 0 fully saturated rings. The Morgan fingerprint density at radius 2 is 1.75 bits per heavy atom. The Morgan fingerprint density at radius 1 is 1.11 bits per heavy atom. The molecule has 0 aliphatic carbocycles. The summed E-state index contributed by atoms with van der Waals surface area (Å²) in [6.07, 6.45) is 2.29. The second-order valence-electron chi connectivity index (χ2n) is 7.55. The number of carbonyl (C=O) groups is 3. The molecule has 1 aliphatic rings. The van der Waals surface area contributed by atoms with Gasteiger partial charge in [-0.2, -0.15) is 0 Å². The number of benzene rings is 2. The summed E-state index contributed by atoms with van der Waals surface area (Å²) in [4.78, 5) is 38.3. The number of nitrogens with two attached hydrogens (primary N) is 1. The third-order valence-corrected chi connectivity index (χ3v) is 6.49. The zero-order valence-corrected chi connectivity index (χ0v) is 20.6. The van der Waals surface area contributed by atoms with Gasteiger partial charge < -0.3 is 16.5 Å². The molecule has 4 rings (SSSR count). The monoisotopic (exact) mass is 530 g/mol. The van der Waals surface area contributed by atoms with Crippen molar-refractivity contribution in [3.8, 4) is 0 Å². The van der Waals surface area contributed by atoms with E-state index in [1.807, 2.05) is 0 Å². The third-order valence-electron chi connectivity index (χ3n) is 5.13. The van der Waals surface area contributed by atoms with Gasteiger partial charge in [0.15, 0.2) is 11.6 Å². The van der Waals surface area contributed by atoms with E-state index in [2.05, 4.69) is 5.32 Å². The van der Waals surface area contributed by atoms with Crippen LogP contribution < -0.4 is 11.1 Å². The first-order valence-corrected chi connectivity index (χ1v) is 11.7. The number of halogens is 3. The Morgan fingerprint density at radius 3 is 2.28 bits per heavy atom. The number of thiophene rings is 1. The van der Waals surface area contributed by atoms with Crippen LogP contribution in [0.3, 0.4) is 0 Å². The van der Waals surface area contributed by atoms with Crippen LogP contribution in [0.2, 0.25) is 4.34 Å². The van der Waals surface area contributed by atoms with Crippen LogP contribution in [0.1, 0.15) is 41.5 Å². The lowest BCUT2D eigenvalue weighted by molar-refractivity contribution is 0.0650. The molecule has 1 aliphatic heterocycles. The molecule has 1 aromatic heterocycles. The number of aryl methyl sites for hydroxylation is 1. The molecule has 11 heteroatoms. The predicted molar refractivity (Wildman–Crippen MR) is 136 cm³/mol. The molecule has 0 atom stereocenters. The highest BCUT2D eigenvalue weighted by Crippen LogP contribution is 2.31. The van der Waals surface area contributed by atoms with E-state index in [4.69, 9.17) is 22.7 Å². The van der Waals surface area contributed by atoms with Crippen molar-refractivity contribution in [3.05, 3.63) is 97.8 Å². The molecule has 0 spiro atoms. The van der Waals surface area contributed by atoms with Crippen LogP contribution in [0.15, 0.2) is 54.7 Å². The molecule has 0 unspecified atom stereocenters. The van der Waals surface area contributed by atoms with Crippen molar-refractivity contribution in [2.24, 2.45) is 5.73 Å². The summed E-state index contributed by atoms with van der Waals surface area (Å²) in [5, 5.41) is 9.98. The van der Waals surface area contributed by atoms with Crippen molar-refractivity contribution in [1.29, 1.82) is 5.41 Å². The summed E-state index contributed by atoms with van der Waals surface area (Å²) in [5.74, 6) is -2.69. The summed E-state index contributed by atoms with van der Waals surface area (Å²) in [6.45, 7) is 1.89. The summed E-state index contributed by atoms with van der Waals surface area (Å²) in [6, 6.07) is 12.0. The van der Waals surface area contributed by atoms with E-state index < -0.39 is 11.6 Å². The SMILES string of the molecule is Cc1ccc(F)c(F)c1.N=C/C(=C\N)c1cc(C(=O)NCCN2C(=O)c3ccccc3C2=O)sc1Cl. The number of rotatable bonds is 6. The molecule has 2 heterocycles. The van der Waals surface area contributed by atoms with Gasteiger partial charge in [0.1, 0.15) is 4.34 Å². The normalized spacial score (nSPS) is 12.7. The van der Waals surface area contributed by atoms with Crippen molar-refractivity contribution in [1.82, 2.24) is 10.2 Å². The Balaban J connectivity index is 0.000000338. The summed E-state index contributed by atoms with van der Waals surface area (Å²) < 4.78 is 24.7. The number of allylic oxidation sites excluding steroid dienone is 1. The van der Waals surface area contributed by atoms with Crippen molar-refractivity contribution >= 4 is 52.4 Å². The minimum atomic E-state index is -0.791. The van der Waals surface area contributed by atoms with Crippen molar-refractivity contribution in [2.75, 3.05) is 13.1 Å². The molecular weight excluding hydrogens is 510 g/mol. The fraction of sp³-hybridized carbons (Fsp3) is 0.120. The first-order valence-electron chi connectivity index (χ1n) is 10.5. The van der Waals surface area contributed by atoms with Crippen molar-refractivity contribution in [2.45, 2.75) is 6.92 Å². The highest BCUT2D eigenvalue weighted by Gasteiger charge is 2.34. The minimum Gasteiger partial charge on any atom is -0.404 e. The van der Waals surface area contributed by atoms with E-state index in [1.54, 1.807) is 37.3 Å². The fourth-order valence-electron chi connectivity index (χ4n) is 3.30. The van der Waals surface area contributed by atoms with E-state index in [0.717, 1.165) is 40.1 Å². The van der Waals surface area contributed by atoms with Crippen LogP contribution in [-0.4, -0.2) is 41.9 Å². The maximum atomic E-state index is 12.3. The van der Waals surface area contributed by atoms with E-state index >= 15 is 0 Å². The molecule has 3 aromatic rings. The highest BCUT2D eigenvalue weighted by atomic mass is 35.5. The summed E-state index contributed by atoms with van der Waals surface area (Å²) >= 11 is 7.17. The maximum Gasteiger partial charge on any atom is 0.261 e. The molecule has 0 bridgehead atoms. The molecule has 0 saturated heterocycles. The van der Waals surface area contributed by atoms with Crippen molar-refractivity contribution in [3.63, 3.8) is 0 Å². The summed E-state index contributed by atoms with van der Waals surface area (Å²) in [7, 11) is 0. The zero-order valence-electron chi connectivity index (χ0n) is 19.0. The molecule has 0 saturated carbocycles. The highest BCUT2D eigenvalue weighted by molar-refractivity contribution is 7.18. The van der Waals surface area contributed by atoms with E-state index in [1.165, 1.54) is 12.3 Å². The van der Waals surface area contributed by atoms with Crippen LogP contribution in [0.4, 0.5) is 8.78 Å². The number of hydrogen-bond acceptors (Lipinski definition) is 6. The second kappa shape index (κ2) is 11.7. The molecule has 4 N–H and O–H groups in total. The van der Waals surface area contributed by atoms with Crippen LogP contribution >= 0.6 is 22.9 Å². The number of imide groups is 1. The Bertz CT molecular complexity index is 1340. The number of hydrogen-bond donors (Lipinski definition) is 3. The van der Waals surface area contributed by atoms with Gasteiger partial charge in [-0.3, -0.25) is 19.3 Å². The first-order chi connectivity index (χ1) is 17.2. The molecule has 7 nitrogen and oxygen atoms in total. The van der Waals surface area contributed by atoms with Gasteiger partial charge in [-0.25, -0.2) is 8.78 Å². The van der Waals surface area contributed by atoms with Crippen LogP contribution in [0.25, 0.3) is 5.57 Å². The smallest absolute Gasteiger partial charge is 0.261 e. The lowest BCUT2D eigenvalue weighted by Gasteiger charge is -2.13. The van der Waals surface area contributed by atoms with Crippen molar-refractivity contribution < 1.29 is 23.2 Å². The minimum absolute atomic E-state index is 0.0680. The van der Waals surface area contributed by atoms with Gasteiger partial charge >= 0.3 is 0 Å². The number of nitrogens with one attached hydrogen (secondary N) is 2. The Kier molecular flexibility index (Phi) is 8.68. The second-order valence-corrected chi connectivity index (χ2v) is 9.20. The van der Waals surface area contributed by atoms with Gasteiger partial charge in [-0.1, -0.05) is 29.8 Å². The first kappa shape index (κ1) is 26.7. The van der Waals surface area contributed by atoms with Gasteiger partial charge in [-0.15, -0.1) is 11.3 Å². The number of carbonyl (C=O) groups excluding carboxylic acids is 3. The lowest BCUT2D eigenvalue weighted by Crippen LogP contribution is -2.38. The average molecular weight is 531 g/mol. The van der Waals surface area contributed by atoms with Gasteiger partial charge in [-0.05, 0) is 42.8 Å². The zero-order chi connectivity index (χ0) is 26.4. The standard InChI is InChI=1S/C18H15ClN4O3S.C7H6F2/c19-15-13(10(8-20)9-21)7-14(27-15)16(24)22-5-6-23-17(25)11-3-1-2-4-12(11)18(23)26;1-5-2-3-6(8)7(9)4-5/h1-4,7-9,20H,5-6,21H2,(H,22,24);2-4H,1H3/b10-9+,20-8?;. The topological polar surface area (TPSA) is 116 Å². The molecule has 186 valence electrons. The molecule has 2 aromatic carbocycles. The van der Waals surface area contributed by atoms with E-state index in [0.29, 0.717) is 31.5 Å². The number of fused-ring (bicyclic) bond motifs is 1. The van der Waals surface area contributed by atoms with Crippen LogP contribution in [0.5, 0.6) is 0 Å². The largest absolute Gasteiger partial charge is 0.404 e. The van der Waals surface area contributed by atoms with Gasteiger partial charge in [0.2, 0.25) is 0 Å². The lowest BCUT2D eigenvalue weighted by atomic mass is 10.1. The van der Waals surface area contributed by atoms with E-state index in [-0.39, 0.29) is 30.8 Å². The molecule has 36 heavy (non-hydrogen) atoms.